The molecule has 0 radical (unpaired) electrons. The van der Waals surface area contributed by atoms with E-state index in [4.69, 9.17) is 27.9 Å². The predicted molar refractivity (Wildman–Crippen MR) is 107 cm³/mol. The molecular formula is C19H13Cl2NOS2. The lowest BCUT2D eigenvalue weighted by Crippen LogP contribution is -1.95. The minimum Gasteiger partial charge on any atom is -0.478 e. The number of thioether (sulfide) groups is 1. The number of thiophene rings is 1. The average molecular weight is 406 g/mol. The van der Waals surface area contributed by atoms with Crippen LogP contribution in [0.15, 0.2) is 52.7 Å². The van der Waals surface area contributed by atoms with E-state index in [0.29, 0.717) is 27.3 Å². The largest absolute Gasteiger partial charge is 0.478 e. The molecule has 6 heteroatoms. The summed E-state index contributed by atoms with van der Waals surface area (Å²) in [5.74, 6) is 0. The van der Waals surface area contributed by atoms with Gasteiger partial charge in [0, 0.05) is 15.8 Å². The maximum absolute atomic E-state index is 9.55. The molecule has 0 bridgehead atoms. The Balaban J connectivity index is 1.82. The number of hydrogen-bond acceptors (Lipinski definition) is 4. The maximum Gasteiger partial charge on any atom is 0.192 e. The fraction of sp³-hybridized carbons (Fsp3) is 0.105. The SMILES string of the molecule is CSc1ccc(COc2scc(-c3ccc(Cl)c(Cl)c3)c2C#N)cc1. The third-order valence-corrected chi connectivity index (χ3v) is 6.00. The first-order valence-corrected chi connectivity index (χ1v) is 10.2. The molecule has 0 aliphatic carbocycles. The highest BCUT2D eigenvalue weighted by atomic mass is 35.5. The van der Waals surface area contributed by atoms with E-state index in [-0.39, 0.29) is 0 Å². The molecule has 0 saturated heterocycles. The van der Waals surface area contributed by atoms with Gasteiger partial charge in [-0.15, -0.1) is 23.1 Å². The molecule has 3 rings (SSSR count). The lowest BCUT2D eigenvalue weighted by atomic mass is 10.1. The molecule has 3 aromatic rings. The fourth-order valence-electron chi connectivity index (χ4n) is 2.30. The van der Waals surface area contributed by atoms with E-state index in [0.717, 1.165) is 16.7 Å². The van der Waals surface area contributed by atoms with Crippen molar-refractivity contribution in [3.05, 3.63) is 69.0 Å². The van der Waals surface area contributed by atoms with Crippen LogP contribution in [0.25, 0.3) is 11.1 Å². The summed E-state index contributed by atoms with van der Waals surface area (Å²) in [7, 11) is 0. The normalized spacial score (nSPS) is 10.5. The van der Waals surface area contributed by atoms with E-state index in [1.54, 1.807) is 23.9 Å². The topological polar surface area (TPSA) is 33.0 Å². The lowest BCUT2D eigenvalue weighted by Gasteiger charge is -2.06. The fourth-order valence-corrected chi connectivity index (χ4v) is 3.88. The standard InChI is InChI=1S/C19H13Cl2NOS2/c1-24-14-5-2-12(3-6-14)10-23-19-15(9-22)16(11-25-19)13-4-7-17(20)18(21)8-13/h2-8,11H,10H2,1H3. The van der Waals surface area contributed by atoms with Gasteiger partial charge >= 0.3 is 0 Å². The van der Waals surface area contributed by atoms with E-state index in [1.165, 1.54) is 16.2 Å². The summed E-state index contributed by atoms with van der Waals surface area (Å²) in [5, 5.41) is 13.0. The van der Waals surface area contributed by atoms with Crippen molar-refractivity contribution >= 4 is 46.3 Å². The summed E-state index contributed by atoms with van der Waals surface area (Å²) in [6.45, 7) is 0.421. The Hall–Kier alpha value is -1.64. The van der Waals surface area contributed by atoms with E-state index >= 15 is 0 Å². The molecule has 0 spiro atoms. The second kappa shape index (κ2) is 8.16. The molecule has 126 valence electrons. The van der Waals surface area contributed by atoms with Crippen molar-refractivity contribution in [2.45, 2.75) is 11.5 Å². The summed E-state index contributed by atoms with van der Waals surface area (Å²) < 4.78 is 5.87. The van der Waals surface area contributed by atoms with Gasteiger partial charge in [0.15, 0.2) is 5.06 Å². The van der Waals surface area contributed by atoms with Crippen molar-refractivity contribution in [2.24, 2.45) is 0 Å². The van der Waals surface area contributed by atoms with Gasteiger partial charge in [-0.1, -0.05) is 41.4 Å². The number of halogens is 2. The first kappa shape index (κ1) is 18.2. The Morgan fingerprint density at radius 3 is 2.52 bits per heavy atom. The Morgan fingerprint density at radius 2 is 1.88 bits per heavy atom. The number of rotatable bonds is 5. The van der Waals surface area contributed by atoms with E-state index in [2.05, 4.69) is 18.2 Å². The third kappa shape index (κ3) is 4.13. The Morgan fingerprint density at radius 1 is 1.12 bits per heavy atom. The van der Waals surface area contributed by atoms with E-state index < -0.39 is 0 Å². The van der Waals surface area contributed by atoms with Crippen molar-refractivity contribution in [3.8, 4) is 22.3 Å². The van der Waals surface area contributed by atoms with Crippen LogP contribution in [0.4, 0.5) is 0 Å². The van der Waals surface area contributed by atoms with Gasteiger partial charge in [-0.2, -0.15) is 5.26 Å². The van der Waals surface area contributed by atoms with Crippen LogP contribution < -0.4 is 4.74 Å². The number of nitriles is 1. The summed E-state index contributed by atoms with van der Waals surface area (Å²) >= 11 is 15.2. The van der Waals surface area contributed by atoms with Gasteiger partial charge < -0.3 is 4.74 Å². The molecule has 0 aliphatic rings. The van der Waals surface area contributed by atoms with E-state index in [9.17, 15) is 5.26 Å². The van der Waals surface area contributed by atoms with Crippen LogP contribution in [0, 0.1) is 11.3 Å². The maximum atomic E-state index is 9.55. The van der Waals surface area contributed by atoms with Gasteiger partial charge in [-0.05, 0) is 41.6 Å². The molecule has 0 aliphatic heterocycles. The van der Waals surface area contributed by atoms with Crippen LogP contribution >= 0.6 is 46.3 Å². The molecule has 0 N–H and O–H groups in total. The Labute approximate surface area is 165 Å². The second-order valence-corrected chi connectivity index (χ2v) is 7.73. The van der Waals surface area contributed by atoms with Gasteiger partial charge in [-0.25, -0.2) is 0 Å². The van der Waals surface area contributed by atoms with Crippen molar-refractivity contribution in [1.82, 2.24) is 0 Å². The van der Waals surface area contributed by atoms with Gasteiger partial charge in [0.2, 0.25) is 0 Å². The number of ether oxygens (including phenoxy) is 1. The number of benzene rings is 2. The zero-order chi connectivity index (χ0) is 17.8. The number of hydrogen-bond donors (Lipinski definition) is 0. The van der Waals surface area contributed by atoms with E-state index in [1.807, 2.05) is 29.8 Å². The molecule has 1 aromatic heterocycles. The molecule has 0 saturated carbocycles. The zero-order valence-electron chi connectivity index (χ0n) is 13.3. The molecule has 0 unspecified atom stereocenters. The highest BCUT2D eigenvalue weighted by Crippen LogP contribution is 2.39. The molecule has 0 atom stereocenters. The first-order valence-electron chi connectivity index (χ1n) is 7.35. The zero-order valence-corrected chi connectivity index (χ0v) is 16.4. The van der Waals surface area contributed by atoms with Gasteiger partial charge in [0.05, 0.1) is 10.0 Å². The lowest BCUT2D eigenvalue weighted by molar-refractivity contribution is 0.315. The minimum atomic E-state index is 0.421. The van der Waals surface area contributed by atoms with Crippen LogP contribution in [-0.2, 0) is 6.61 Å². The first-order chi connectivity index (χ1) is 12.1. The predicted octanol–water partition coefficient (Wildman–Crippen LogP) is 6.89. The highest BCUT2D eigenvalue weighted by molar-refractivity contribution is 7.98. The molecule has 1 heterocycles. The molecule has 25 heavy (non-hydrogen) atoms. The Kier molecular flexibility index (Phi) is 5.93. The molecule has 0 amide bonds. The van der Waals surface area contributed by atoms with Crippen LogP contribution in [0.3, 0.4) is 0 Å². The quantitative estimate of drug-likeness (QED) is 0.432. The van der Waals surface area contributed by atoms with Crippen molar-refractivity contribution in [2.75, 3.05) is 6.26 Å². The van der Waals surface area contributed by atoms with Gasteiger partial charge in [0.1, 0.15) is 18.2 Å². The monoisotopic (exact) mass is 405 g/mol. The molecular weight excluding hydrogens is 393 g/mol. The molecule has 2 nitrogen and oxygen atoms in total. The van der Waals surface area contributed by atoms with Crippen LogP contribution in [0.5, 0.6) is 5.06 Å². The van der Waals surface area contributed by atoms with Crippen molar-refractivity contribution < 1.29 is 4.74 Å². The molecule has 2 aromatic carbocycles. The summed E-state index contributed by atoms with van der Waals surface area (Å²) in [4.78, 5) is 1.21. The number of nitrogens with zero attached hydrogens (tertiary/aromatic N) is 1. The van der Waals surface area contributed by atoms with Crippen LogP contribution in [0.1, 0.15) is 11.1 Å². The molecule has 0 fully saturated rings. The summed E-state index contributed by atoms with van der Waals surface area (Å²) in [5.41, 5.74) is 3.23. The Bertz CT molecular complexity index is 930. The smallest absolute Gasteiger partial charge is 0.192 e. The summed E-state index contributed by atoms with van der Waals surface area (Å²) in [6.07, 6.45) is 2.04. The third-order valence-electron chi connectivity index (χ3n) is 3.63. The van der Waals surface area contributed by atoms with Crippen LogP contribution in [0.2, 0.25) is 10.0 Å². The van der Waals surface area contributed by atoms with Crippen LogP contribution in [-0.4, -0.2) is 6.26 Å². The van der Waals surface area contributed by atoms with Crippen molar-refractivity contribution in [3.63, 3.8) is 0 Å². The highest BCUT2D eigenvalue weighted by Gasteiger charge is 2.15. The van der Waals surface area contributed by atoms with Crippen molar-refractivity contribution in [1.29, 1.82) is 5.26 Å². The second-order valence-electron chi connectivity index (χ2n) is 5.19. The van der Waals surface area contributed by atoms with Gasteiger partial charge in [-0.3, -0.25) is 0 Å². The van der Waals surface area contributed by atoms with Gasteiger partial charge in [0.25, 0.3) is 0 Å². The summed E-state index contributed by atoms with van der Waals surface area (Å²) in [6, 6.07) is 15.8. The average Bonchev–Trinajstić information content (AvgIpc) is 3.05. The minimum absolute atomic E-state index is 0.421.